The van der Waals surface area contributed by atoms with Crippen LogP contribution < -0.4 is 8.96 Å². The zero-order valence-electron chi connectivity index (χ0n) is 9.81. The summed E-state index contributed by atoms with van der Waals surface area (Å²) in [5.74, 6) is 0. The summed E-state index contributed by atoms with van der Waals surface area (Å²) in [6.45, 7) is 9.07. The van der Waals surface area contributed by atoms with E-state index in [0.717, 1.165) is 13.1 Å². The molecular formula is C12H16BN4+2. The van der Waals surface area contributed by atoms with Gasteiger partial charge in [-0.05, 0) is 0 Å². The molecule has 0 amide bonds. The lowest BCUT2D eigenvalue weighted by atomic mass is 10.2. The molecular weight excluding hydrogens is 211 g/mol. The Labute approximate surface area is 102 Å². The highest BCUT2D eigenvalue weighted by molar-refractivity contribution is 6.11. The summed E-state index contributed by atoms with van der Waals surface area (Å²) in [4.78, 5) is 0. The van der Waals surface area contributed by atoms with Crippen LogP contribution in [0.2, 0.25) is 0 Å². The molecule has 2 aromatic heterocycles. The molecule has 2 aromatic rings. The van der Waals surface area contributed by atoms with Gasteiger partial charge in [0.2, 0.25) is 12.7 Å². The average molecular weight is 227 g/mol. The van der Waals surface area contributed by atoms with Gasteiger partial charge in [-0.25, -0.2) is 9.13 Å². The lowest BCUT2D eigenvalue weighted by Gasteiger charge is -1.88. The van der Waals surface area contributed by atoms with E-state index in [4.69, 9.17) is 0 Å². The summed E-state index contributed by atoms with van der Waals surface area (Å²) in [5.41, 5.74) is 0. The van der Waals surface area contributed by atoms with Gasteiger partial charge in [0, 0.05) is 0 Å². The van der Waals surface area contributed by atoms with E-state index in [1.54, 1.807) is 0 Å². The molecule has 0 aliphatic heterocycles. The van der Waals surface area contributed by atoms with E-state index < -0.39 is 0 Å². The molecule has 0 saturated carbocycles. The van der Waals surface area contributed by atoms with Gasteiger partial charge in [0.25, 0.3) is 0 Å². The number of hydrogen-bond donors (Lipinski definition) is 0. The van der Waals surface area contributed by atoms with E-state index in [0.29, 0.717) is 0 Å². The fourth-order valence-corrected chi connectivity index (χ4v) is 1.63. The standard InChI is InChI=1S/C12H16BN4/c1-3-5-14-7-9-16(11-14)13-17-10-8-15(12-17)6-4-2/h3-4,7-12H,1-2,5-6H2/q+2. The van der Waals surface area contributed by atoms with Crippen LogP contribution in [0.4, 0.5) is 0 Å². The van der Waals surface area contributed by atoms with Crippen LogP contribution in [0.15, 0.2) is 62.8 Å². The largest absolute Gasteiger partial charge is 0.699 e. The molecule has 5 heteroatoms. The lowest BCUT2D eigenvalue weighted by Crippen LogP contribution is -2.57. The third-order valence-electron chi connectivity index (χ3n) is 2.37. The first-order valence-electron chi connectivity index (χ1n) is 5.51. The molecule has 0 aliphatic rings. The Morgan fingerprint density at radius 3 is 1.82 bits per heavy atom. The molecule has 2 rings (SSSR count). The number of nitrogens with zero attached hydrogens (tertiary/aromatic N) is 4. The predicted octanol–water partition coefficient (Wildman–Crippen LogP) is 0.167. The molecule has 85 valence electrons. The molecule has 0 aromatic carbocycles. The van der Waals surface area contributed by atoms with Gasteiger partial charge < -0.3 is 0 Å². The van der Waals surface area contributed by atoms with Gasteiger partial charge >= 0.3 is 7.55 Å². The summed E-state index contributed by atoms with van der Waals surface area (Å²) < 4.78 is 8.12. The molecule has 2 heterocycles. The van der Waals surface area contributed by atoms with Crippen molar-refractivity contribution in [1.82, 2.24) is 9.13 Å². The Hall–Kier alpha value is -2.04. The Kier molecular flexibility index (Phi) is 3.60. The van der Waals surface area contributed by atoms with Crippen molar-refractivity contribution < 1.29 is 8.96 Å². The fourth-order valence-electron chi connectivity index (χ4n) is 1.63. The smallest absolute Gasteiger partial charge is 0.256 e. The van der Waals surface area contributed by atoms with Gasteiger partial charge in [0.15, 0.2) is 0 Å². The van der Waals surface area contributed by atoms with Crippen LogP contribution in [0.1, 0.15) is 0 Å². The number of hydrogen-bond acceptors (Lipinski definition) is 0. The quantitative estimate of drug-likeness (QED) is 0.494. The molecule has 0 atom stereocenters. The Balaban J connectivity index is 2.02. The Morgan fingerprint density at radius 2 is 1.41 bits per heavy atom. The zero-order valence-corrected chi connectivity index (χ0v) is 9.81. The van der Waals surface area contributed by atoms with Gasteiger partial charge in [-0.1, -0.05) is 25.3 Å². The van der Waals surface area contributed by atoms with Crippen molar-refractivity contribution in [3.63, 3.8) is 0 Å². The Morgan fingerprint density at radius 1 is 0.941 bits per heavy atom. The molecule has 0 saturated heterocycles. The van der Waals surface area contributed by atoms with Crippen LogP contribution in [0.25, 0.3) is 0 Å². The van der Waals surface area contributed by atoms with Crippen molar-refractivity contribution >= 4 is 7.55 Å². The number of rotatable bonds is 6. The Bertz CT molecular complexity index is 466. The van der Waals surface area contributed by atoms with Crippen molar-refractivity contribution in [3.05, 3.63) is 62.8 Å². The van der Waals surface area contributed by atoms with Crippen LogP contribution in [0, 0.1) is 0 Å². The molecule has 0 bridgehead atoms. The maximum atomic E-state index is 3.71. The summed E-state index contributed by atoms with van der Waals surface area (Å²) in [5, 5.41) is 0. The van der Waals surface area contributed by atoms with E-state index >= 15 is 0 Å². The van der Waals surface area contributed by atoms with E-state index in [2.05, 4.69) is 22.3 Å². The fraction of sp³-hybridized carbons (Fsp3) is 0.167. The minimum absolute atomic E-state index is 0.822. The van der Waals surface area contributed by atoms with Crippen LogP contribution in [-0.4, -0.2) is 16.7 Å². The minimum atomic E-state index is 0.822. The van der Waals surface area contributed by atoms with Gasteiger partial charge in [-0.3, -0.25) is 8.96 Å². The molecule has 0 N–H and O–H groups in total. The highest BCUT2D eigenvalue weighted by Crippen LogP contribution is 1.85. The maximum absolute atomic E-state index is 3.71. The van der Waals surface area contributed by atoms with Crippen LogP contribution in [0.5, 0.6) is 0 Å². The third kappa shape index (κ3) is 2.97. The summed E-state index contributed by atoms with van der Waals surface area (Å²) in [7, 11) is 2.00. The second-order valence-electron chi connectivity index (χ2n) is 3.81. The highest BCUT2D eigenvalue weighted by Gasteiger charge is 2.15. The van der Waals surface area contributed by atoms with E-state index in [1.165, 1.54) is 0 Å². The number of imidazole rings is 2. The van der Waals surface area contributed by atoms with E-state index in [1.807, 2.05) is 66.1 Å². The second kappa shape index (κ2) is 5.34. The van der Waals surface area contributed by atoms with Gasteiger partial charge in [-0.15, -0.1) is 0 Å². The van der Waals surface area contributed by atoms with Crippen molar-refractivity contribution in [2.45, 2.75) is 13.1 Å². The van der Waals surface area contributed by atoms with Gasteiger partial charge in [-0.2, -0.15) is 0 Å². The first-order chi connectivity index (χ1) is 8.31. The monoisotopic (exact) mass is 227 g/mol. The normalized spacial score (nSPS) is 10.1. The third-order valence-corrected chi connectivity index (χ3v) is 2.37. The number of allylic oxidation sites excluding steroid dienone is 2. The predicted molar refractivity (Wildman–Crippen MR) is 66.2 cm³/mol. The van der Waals surface area contributed by atoms with E-state index in [-0.39, 0.29) is 0 Å². The van der Waals surface area contributed by atoms with Gasteiger partial charge in [0.1, 0.15) is 37.9 Å². The van der Waals surface area contributed by atoms with Crippen molar-refractivity contribution in [2.75, 3.05) is 0 Å². The first-order valence-corrected chi connectivity index (χ1v) is 5.51. The highest BCUT2D eigenvalue weighted by atomic mass is 15.1. The molecule has 4 nitrogen and oxygen atoms in total. The van der Waals surface area contributed by atoms with Crippen molar-refractivity contribution in [1.29, 1.82) is 0 Å². The molecule has 0 spiro atoms. The summed E-state index contributed by atoms with van der Waals surface area (Å²) in [6.07, 6.45) is 15.8. The second-order valence-corrected chi connectivity index (χ2v) is 3.81. The molecule has 0 aliphatic carbocycles. The summed E-state index contributed by atoms with van der Waals surface area (Å²) >= 11 is 0. The minimum Gasteiger partial charge on any atom is -0.256 e. The molecule has 17 heavy (non-hydrogen) atoms. The van der Waals surface area contributed by atoms with E-state index in [9.17, 15) is 0 Å². The summed E-state index contributed by atoms with van der Waals surface area (Å²) in [6, 6.07) is 0. The molecule has 0 unspecified atom stereocenters. The van der Waals surface area contributed by atoms with Crippen LogP contribution in [0.3, 0.4) is 0 Å². The molecule has 0 fully saturated rings. The zero-order chi connectivity index (χ0) is 12.1. The van der Waals surface area contributed by atoms with Crippen LogP contribution in [-0.2, 0) is 13.1 Å². The van der Waals surface area contributed by atoms with Crippen molar-refractivity contribution in [2.24, 2.45) is 0 Å². The SMILES string of the molecule is C=CCn1cc[n+]([B][n+]2ccn(CC=C)c2)c1. The van der Waals surface area contributed by atoms with Gasteiger partial charge in [0.05, 0.1) is 0 Å². The number of aromatic nitrogens is 4. The topological polar surface area (TPSA) is 17.6 Å². The lowest BCUT2D eigenvalue weighted by molar-refractivity contribution is -0.659. The van der Waals surface area contributed by atoms with Crippen molar-refractivity contribution in [3.8, 4) is 0 Å². The first kappa shape index (κ1) is 11.5. The van der Waals surface area contributed by atoms with Crippen LogP contribution >= 0.6 is 0 Å². The maximum Gasteiger partial charge on any atom is 0.699 e. The molecule has 1 radical (unpaired) electrons. The average Bonchev–Trinajstić information content (AvgIpc) is 2.91.